The normalized spacial score (nSPS) is 11.9. The molecule has 0 aliphatic rings. The fraction of sp³-hybridized carbons (Fsp3) is 0.100. The molecule has 2 heterocycles. The molecule has 0 unspecified atom stereocenters. The monoisotopic (exact) mass is 376 g/mol. The molecule has 0 aliphatic heterocycles. The number of hydrogen-bond acceptors (Lipinski definition) is 6. The lowest BCUT2D eigenvalue weighted by Crippen LogP contribution is -2.26. The standard InChI is InChI=1S/C20H16N4O2S/c1-13(19-24-16-5-2-3-6-17(16)27-19)23-18(25)14-7-9-15(10-8-14)26-20-21-11-4-12-22-20/h2-13H,1H3,(H,23,25)/t13-/m0/s1. The van der Waals surface area contributed by atoms with Crippen LogP contribution in [0.3, 0.4) is 0 Å². The Bertz CT molecular complexity index is 1030. The molecule has 0 radical (unpaired) electrons. The minimum Gasteiger partial charge on any atom is -0.424 e. The van der Waals surface area contributed by atoms with Gasteiger partial charge in [-0.3, -0.25) is 4.79 Å². The molecule has 0 fully saturated rings. The Morgan fingerprint density at radius 2 is 1.78 bits per heavy atom. The maximum Gasteiger partial charge on any atom is 0.321 e. The summed E-state index contributed by atoms with van der Waals surface area (Å²) in [6, 6.07) is 16.6. The summed E-state index contributed by atoms with van der Waals surface area (Å²) in [5.41, 5.74) is 1.49. The van der Waals surface area contributed by atoms with E-state index in [1.54, 1.807) is 54.1 Å². The Morgan fingerprint density at radius 1 is 1.04 bits per heavy atom. The molecule has 27 heavy (non-hydrogen) atoms. The van der Waals surface area contributed by atoms with Gasteiger partial charge in [0.1, 0.15) is 10.8 Å². The van der Waals surface area contributed by atoms with Crippen molar-refractivity contribution in [3.63, 3.8) is 0 Å². The number of benzene rings is 2. The van der Waals surface area contributed by atoms with Gasteiger partial charge in [0.25, 0.3) is 5.91 Å². The van der Waals surface area contributed by atoms with Crippen molar-refractivity contribution in [1.29, 1.82) is 0 Å². The zero-order chi connectivity index (χ0) is 18.6. The molecular weight excluding hydrogens is 360 g/mol. The summed E-state index contributed by atoms with van der Waals surface area (Å²) in [6.45, 7) is 1.93. The number of carbonyl (C=O) groups is 1. The molecular formula is C20H16N4O2S. The minimum absolute atomic E-state index is 0.163. The van der Waals surface area contributed by atoms with Gasteiger partial charge < -0.3 is 10.1 Å². The first kappa shape index (κ1) is 17.1. The molecule has 4 rings (SSSR count). The Morgan fingerprint density at radius 3 is 2.52 bits per heavy atom. The highest BCUT2D eigenvalue weighted by atomic mass is 32.1. The molecule has 1 N–H and O–H groups in total. The topological polar surface area (TPSA) is 77.0 Å². The number of ether oxygens (including phenoxy) is 1. The molecule has 0 bridgehead atoms. The summed E-state index contributed by atoms with van der Waals surface area (Å²) in [5, 5.41) is 3.87. The van der Waals surface area contributed by atoms with E-state index in [4.69, 9.17) is 4.74 Å². The van der Waals surface area contributed by atoms with E-state index in [2.05, 4.69) is 20.3 Å². The largest absolute Gasteiger partial charge is 0.424 e. The van der Waals surface area contributed by atoms with Crippen LogP contribution < -0.4 is 10.1 Å². The maximum absolute atomic E-state index is 12.5. The lowest BCUT2D eigenvalue weighted by molar-refractivity contribution is 0.0940. The van der Waals surface area contributed by atoms with Crippen LogP contribution in [0.15, 0.2) is 67.0 Å². The summed E-state index contributed by atoms with van der Waals surface area (Å²) in [6.07, 6.45) is 3.21. The highest BCUT2D eigenvalue weighted by molar-refractivity contribution is 7.18. The van der Waals surface area contributed by atoms with Crippen LogP contribution in [0.1, 0.15) is 28.3 Å². The van der Waals surface area contributed by atoms with Gasteiger partial charge >= 0.3 is 6.01 Å². The molecule has 0 saturated heterocycles. The van der Waals surface area contributed by atoms with E-state index in [-0.39, 0.29) is 18.0 Å². The molecule has 2 aromatic carbocycles. The molecule has 1 amide bonds. The number of thiazole rings is 1. The van der Waals surface area contributed by atoms with Crippen LogP contribution >= 0.6 is 11.3 Å². The predicted molar refractivity (Wildman–Crippen MR) is 104 cm³/mol. The quantitative estimate of drug-likeness (QED) is 0.560. The van der Waals surface area contributed by atoms with Crippen LogP contribution in [0.25, 0.3) is 10.2 Å². The maximum atomic E-state index is 12.5. The van der Waals surface area contributed by atoms with E-state index in [0.717, 1.165) is 15.2 Å². The average molecular weight is 376 g/mol. The van der Waals surface area contributed by atoms with Crippen molar-refractivity contribution in [3.8, 4) is 11.8 Å². The molecule has 6 nitrogen and oxygen atoms in total. The van der Waals surface area contributed by atoms with Gasteiger partial charge in [-0.1, -0.05) is 12.1 Å². The van der Waals surface area contributed by atoms with Crippen LogP contribution in [-0.2, 0) is 0 Å². The number of para-hydroxylation sites is 1. The highest BCUT2D eigenvalue weighted by Crippen LogP contribution is 2.26. The number of aromatic nitrogens is 3. The number of fused-ring (bicyclic) bond motifs is 1. The van der Waals surface area contributed by atoms with Gasteiger partial charge in [0, 0.05) is 18.0 Å². The van der Waals surface area contributed by atoms with E-state index in [1.807, 2.05) is 31.2 Å². The van der Waals surface area contributed by atoms with Gasteiger partial charge in [0.15, 0.2) is 0 Å². The van der Waals surface area contributed by atoms with Crippen LogP contribution in [0.5, 0.6) is 11.8 Å². The number of nitrogens with one attached hydrogen (secondary N) is 1. The molecule has 1 atom stereocenters. The van der Waals surface area contributed by atoms with E-state index >= 15 is 0 Å². The van der Waals surface area contributed by atoms with Crippen molar-refractivity contribution >= 4 is 27.5 Å². The second-order valence-electron chi connectivity index (χ2n) is 5.87. The van der Waals surface area contributed by atoms with Gasteiger partial charge in [-0.2, -0.15) is 0 Å². The molecule has 0 saturated carbocycles. The van der Waals surface area contributed by atoms with E-state index in [9.17, 15) is 4.79 Å². The third kappa shape index (κ3) is 3.93. The van der Waals surface area contributed by atoms with Crippen molar-refractivity contribution in [1.82, 2.24) is 20.3 Å². The molecule has 0 aliphatic carbocycles. The summed E-state index contributed by atoms with van der Waals surface area (Å²) in [5.74, 6) is 0.404. The lowest BCUT2D eigenvalue weighted by atomic mass is 10.2. The lowest BCUT2D eigenvalue weighted by Gasteiger charge is -2.11. The average Bonchev–Trinajstić information content (AvgIpc) is 3.14. The zero-order valence-electron chi connectivity index (χ0n) is 14.5. The third-order valence-corrected chi connectivity index (χ3v) is 5.12. The summed E-state index contributed by atoms with van der Waals surface area (Å²) < 4.78 is 6.64. The first-order valence-electron chi connectivity index (χ1n) is 8.40. The van der Waals surface area contributed by atoms with Crippen LogP contribution in [0.2, 0.25) is 0 Å². The molecule has 0 spiro atoms. The minimum atomic E-state index is -0.177. The van der Waals surface area contributed by atoms with Gasteiger partial charge in [-0.15, -0.1) is 11.3 Å². The van der Waals surface area contributed by atoms with Gasteiger partial charge in [-0.25, -0.2) is 15.0 Å². The molecule has 2 aromatic heterocycles. The predicted octanol–water partition coefficient (Wildman–Crippen LogP) is 4.37. The van der Waals surface area contributed by atoms with Crippen molar-refractivity contribution in [2.24, 2.45) is 0 Å². The van der Waals surface area contributed by atoms with Crippen molar-refractivity contribution in [3.05, 3.63) is 77.6 Å². The van der Waals surface area contributed by atoms with E-state index in [0.29, 0.717) is 11.3 Å². The second kappa shape index (κ2) is 7.51. The van der Waals surface area contributed by atoms with Crippen molar-refractivity contribution in [2.75, 3.05) is 0 Å². The first-order chi connectivity index (χ1) is 13.2. The smallest absolute Gasteiger partial charge is 0.321 e. The number of rotatable bonds is 5. The number of hydrogen-bond donors (Lipinski definition) is 1. The third-order valence-electron chi connectivity index (χ3n) is 3.90. The Labute approximate surface area is 159 Å². The Kier molecular flexibility index (Phi) is 4.76. The van der Waals surface area contributed by atoms with E-state index < -0.39 is 0 Å². The van der Waals surface area contributed by atoms with Gasteiger partial charge in [0.2, 0.25) is 0 Å². The first-order valence-corrected chi connectivity index (χ1v) is 9.22. The summed E-state index contributed by atoms with van der Waals surface area (Å²) >= 11 is 1.59. The highest BCUT2D eigenvalue weighted by Gasteiger charge is 2.15. The van der Waals surface area contributed by atoms with Crippen LogP contribution in [0, 0.1) is 0 Å². The fourth-order valence-corrected chi connectivity index (χ4v) is 3.50. The number of carbonyl (C=O) groups excluding carboxylic acids is 1. The number of nitrogens with zero attached hydrogens (tertiary/aromatic N) is 3. The Balaban J connectivity index is 1.43. The molecule has 134 valence electrons. The fourth-order valence-electron chi connectivity index (χ4n) is 2.53. The number of amides is 1. The van der Waals surface area contributed by atoms with E-state index in [1.165, 1.54) is 0 Å². The second-order valence-corrected chi connectivity index (χ2v) is 6.94. The Hall–Kier alpha value is -3.32. The van der Waals surface area contributed by atoms with Crippen molar-refractivity contribution in [2.45, 2.75) is 13.0 Å². The van der Waals surface area contributed by atoms with Crippen LogP contribution in [0.4, 0.5) is 0 Å². The summed E-state index contributed by atoms with van der Waals surface area (Å²) in [4.78, 5) is 25.1. The SMILES string of the molecule is C[C@H](NC(=O)c1ccc(Oc2ncccn2)cc1)c1nc2ccccc2s1. The van der Waals surface area contributed by atoms with Gasteiger partial charge in [0.05, 0.1) is 16.3 Å². The van der Waals surface area contributed by atoms with Crippen molar-refractivity contribution < 1.29 is 9.53 Å². The van der Waals surface area contributed by atoms with Crippen LogP contribution in [-0.4, -0.2) is 20.9 Å². The zero-order valence-corrected chi connectivity index (χ0v) is 15.3. The molecule has 4 aromatic rings. The summed E-state index contributed by atoms with van der Waals surface area (Å²) in [7, 11) is 0. The molecule has 7 heteroatoms. The van der Waals surface area contributed by atoms with Gasteiger partial charge in [-0.05, 0) is 49.4 Å².